The van der Waals surface area contributed by atoms with E-state index in [2.05, 4.69) is 152 Å². The number of rotatable bonds is 3. The summed E-state index contributed by atoms with van der Waals surface area (Å²) in [5.41, 5.74) is 15.0. The highest BCUT2D eigenvalue weighted by Crippen LogP contribution is 2.62. The minimum absolute atomic E-state index is 0.484. The second kappa shape index (κ2) is 11.6. The molecule has 0 N–H and O–H groups in total. The predicted octanol–water partition coefficient (Wildman–Crippen LogP) is 12.1. The van der Waals surface area contributed by atoms with Crippen molar-refractivity contribution in [2.45, 2.75) is 5.41 Å². The van der Waals surface area contributed by atoms with E-state index in [9.17, 15) is 5.26 Å². The first-order valence-corrected chi connectivity index (χ1v) is 18.1. The summed E-state index contributed by atoms with van der Waals surface area (Å²) in [7, 11) is 0. The van der Waals surface area contributed by atoms with Gasteiger partial charge in [0.15, 0.2) is 0 Å². The van der Waals surface area contributed by atoms with Crippen LogP contribution in [-0.4, -0.2) is 9.97 Å². The zero-order valence-corrected chi connectivity index (χ0v) is 29.0. The van der Waals surface area contributed by atoms with Crippen molar-refractivity contribution in [2.75, 3.05) is 0 Å². The molecule has 3 heterocycles. The van der Waals surface area contributed by atoms with Crippen LogP contribution in [0.15, 0.2) is 176 Å². The molecule has 0 bridgehead atoms. The summed E-state index contributed by atoms with van der Waals surface area (Å²) in [6.45, 7) is 0. The lowest BCUT2D eigenvalue weighted by Gasteiger charge is -2.39. The van der Waals surface area contributed by atoms with Crippen LogP contribution in [0, 0.1) is 11.3 Å². The molecule has 4 heteroatoms. The number of nitrogens with zero attached hydrogens (tertiary/aromatic N) is 3. The number of hydrogen-bond donors (Lipinski definition) is 0. The van der Waals surface area contributed by atoms with Crippen molar-refractivity contribution in [3.63, 3.8) is 0 Å². The van der Waals surface area contributed by atoms with E-state index in [1.165, 1.54) is 22.3 Å². The second-order valence-electron chi connectivity index (χ2n) is 14.0. The van der Waals surface area contributed by atoms with Crippen LogP contribution in [0.25, 0.3) is 66.6 Å². The highest BCUT2D eigenvalue weighted by molar-refractivity contribution is 6.04. The van der Waals surface area contributed by atoms with E-state index < -0.39 is 5.41 Å². The van der Waals surface area contributed by atoms with E-state index in [0.717, 1.165) is 78.1 Å². The number of hydrogen-bond acceptors (Lipinski definition) is 4. The highest BCUT2D eigenvalue weighted by Gasteiger charge is 2.50. The Morgan fingerprint density at radius 3 is 1.65 bits per heavy atom. The third kappa shape index (κ3) is 4.36. The monoisotopic (exact) mass is 687 g/mol. The van der Waals surface area contributed by atoms with Gasteiger partial charge >= 0.3 is 0 Å². The lowest BCUT2D eigenvalue weighted by molar-refractivity contribution is 0.436. The molecular formula is C50H29N3O. The minimum Gasteiger partial charge on any atom is -0.457 e. The number of ether oxygens (including phenoxy) is 1. The molecule has 4 nitrogen and oxygen atoms in total. The van der Waals surface area contributed by atoms with Crippen LogP contribution < -0.4 is 4.74 Å². The van der Waals surface area contributed by atoms with E-state index in [0.29, 0.717) is 5.56 Å². The second-order valence-corrected chi connectivity index (χ2v) is 14.0. The molecule has 0 amide bonds. The van der Waals surface area contributed by atoms with Gasteiger partial charge in [0.25, 0.3) is 0 Å². The zero-order chi connectivity index (χ0) is 35.8. The fourth-order valence-electron chi connectivity index (χ4n) is 8.74. The molecule has 0 atom stereocenters. The molecule has 250 valence electrons. The topological polar surface area (TPSA) is 58.8 Å². The molecule has 1 aliphatic carbocycles. The SMILES string of the molecule is N#Cc1cccc(-c2ccc3ccc4ccc(-c5cccc(-c6ccc7c(c6)Oc6ccccc6C76c7ccccc7-c7ccccc76)c5)nc4c3n2)c1. The van der Waals surface area contributed by atoms with E-state index >= 15 is 0 Å². The average molecular weight is 688 g/mol. The summed E-state index contributed by atoms with van der Waals surface area (Å²) < 4.78 is 6.78. The Morgan fingerprint density at radius 2 is 0.963 bits per heavy atom. The standard InChI is InChI=1S/C50H29N3O/c51-30-31-9-7-11-36(27-31)44-25-22-32-19-20-33-23-26-45(53-49(33)48(32)52-44)37-12-8-10-34(28-37)35-21-24-43-47(29-35)54-46-18-6-5-17-42(46)50(43)40-15-3-1-13-38(40)39-14-2-4-16-41(39)50/h1-29H. The molecule has 0 unspecified atom stereocenters. The third-order valence-electron chi connectivity index (χ3n) is 11.1. The number of fused-ring (bicyclic) bond motifs is 12. The van der Waals surface area contributed by atoms with Gasteiger partial charge in [-0.3, -0.25) is 0 Å². The molecule has 11 rings (SSSR count). The quantitative estimate of drug-likeness (QED) is 0.174. The summed E-state index contributed by atoms with van der Waals surface area (Å²) in [6, 6.07) is 63.6. The smallest absolute Gasteiger partial charge is 0.132 e. The maximum absolute atomic E-state index is 9.46. The Bertz CT molecular complexity index is 3020. The minimum atomic E-state index is -0.484. The molecule has 0 saturated heterocycles. The van der Waals surface area contributed by atoms with Gasteiger partial charge in [0.1, 0.15) is 11.5 Å². The van der Waals surface area contributed by atoms with Gasteiger partial charge in [-0.15, -0.1) is 0 Å². The summed E-state index contributed by atoms with van der Waals surface area (Å²) in [5.74, 6) is 1.74. The zero-order valence-electron chi connectivity index (χ0n) is 29.0. The first kappa shape index (κ1) is 30.3. The Kier molecular flexibility index (Phi) is 6.50. The molecule has 0 saturated carbocycles. The van der Waals surface area contributed by atoms with Crippen molar-refractivity contribution in [1.29, 1.82) is 5.26 Å². The number of aromatic nitrogens is 2. The largest absolute Gasteiger partial charge is 0.457 e. The van der Waals surface area contributed by atoms with E-state index in [1.807, 2.05) is 30.3 Å². The van der Waals surface area contributed by atoms with Crippen LogP contribution in [0.2, 0.25) is 0 Å². The maximum atomic E-state index is 9.46. The molecule has 0 fully saturated rings. The molecule has 7 aromatic carbocycles. The predicted molar refractivity (Wildman–Crippen MR) is 215 cm³/mol. The molecule has 9 aromatic rings. The maximum Gasteiger partial charge on any atom is 0.132 e. The average Bonchev–Trinajstić information content (AvgIpc) is 3.53. The first-order valence-electron chi connectivity index (χ1n) is 18.1. The van der Waals surface area contributed by atoms with Gasteiger partial charge < -0.3 is 4.74 Å². The molecular weight excluding hydrogens is 659 g/mol. The molecule has 1 spiro atoms. The van der Waals surface area contributed by atoms with Gasteiger partial charge in [-0.1, -0.05) is 133 Å². The van der Waals surface area contributed by atoms with Crippen molar-refractivity contribution in [3.8, 4) is 62.3 Å². The van der Waals surface area contributed by atoms with Crippen LogP contribution >= 0.6 is 0 Å². The van der Waals surface area contributed by atoms with E-state index in [1.54, 1.807) is 0 Å². The van der Waals surface area contributed by atoms with Crippen molar-refractivity contribution >= 4 is 21.8 Å². The van der Waals surface area contributed by atoms with Gasteiger partial charge in [0.05, 0.1) is 39.5 Å². The number of nitriles is 1. The van der Waals surface area contributed by atoms with Crippen molar-refractivity contribution in [3.05, 3.63) is 204 Å². The van der Waals surface area contributed by atoms with Gasteiger partial charge in [-0.2, -0.15) is 5.26 Å². The molecule has 2 aliphatic rings. The first-order chi connectivity index (χ1) is 26.7. The van der Waals surface area contributed by atoms with E-state index in [-0.39, 0.29) is 0 Å². The normalized spacial score (nSPS) is 13.1. The van der Waals surface area contributed by atoms with Crippen molar-refractivity contribution in [1.82, 2.24) is 9.97 Å². The number of benzene rings is 7. The van der Waals surface area contributed by atoms with Gasteiger partial charge in [-0.05, 0) is 75.8 Å². The van der Waals surface area contributed by atoms with Crippen LogP contribution in [0.1, 0.15) is 27.8 Å². The lowest BCUT2D eigenvalue weighted by atomic mass is 9.66. The van der Waals surface area contributed by atoms with Crippen LogP contribution in [-0.2, 0) is 5.41 Å². The lowest BCUT2D eigenvalue weighted by Crippen LogP contribution is -2.32. The number of para-hydroxylation sites is 1. The summed E-state index contributed by atoms with van der Waals surface area (Å²) in [4.78, 5) is 10.3. The Labute approximate surface area is 312 Å². The summed E-state index contributed by atoms with van der Waals surface area (Å²) in [6.07, 6.45) is 0. The van der Waals surface area contributed by atoms with Crippen LogP contribution in [0.4, 0.5) is 0 Å². The van der Waals surface area contributed by atoms with Gasteiger partial charge in [-0.25, -0.2) is 9.97 Å². The third-order valence-corrected chi connectivity index (χ3v) is 11.1. The van der Waals surface area contributed by atoms with Crippen LogP contribution in [0.5, 0.6) is 11.5 Å². The van der Waals surface area contributed by atoms with Gasteiger partial charge in [0, 0.05) is 33.0 Å². The molecule has 54 heavy (non-hydrogen) atoms. The van der Waals surface area contributed by atoms with Crippen molar-refractivity contribution < 1.29 is 4.74 Å². The highest BCUT2D eigenvalue weighted by atomic mass is 16.5. The van der Waals surface area contributed by atoms with Gasteiger partial charge in [0.2, 0.25) is 0 Å². The fourth-order valence-corrected chi connectivity index (χ4v) is 8.74. The Balaban J connectivity index is 1.03. The summed E-state index contributed by atoms with van der Waals surface area (Å²) in [5, 5.41) is 11.5. The van der Waals surface area contributed by atoms with Crippen LogP contribution in [0.3, 0.4) is 0 Å². The molecule has 2 aromatic heterocycles. The Morgan fingerprint density at radius 1 is 0.426 bits per heavy atom. The molecule has 1 aliphatic heterocycles. The molecule has 0 radical (unpaired) electrons. The van der Waals surface area contributed by atoms with E-state index in [4.69, 9.17) is 14.7 Å². The van der Waals surface area contributed by atoms with Crippen molar-refractivity contribution in [2.24, 2.45) is 0 Å². The Hall–Kier alpha value is -7.35. The summed E-state index contributed by atoms with van der Waals surface area (Å²) >= 11 is 0. The number of pyridine rings is 2. The fraction of sp³-hybridized carbons (Fsp3) is 0.0200.